The maximum absolute atomic E-state index is 12.3. The lowest BCUT2D eigenvalue weighted by Gasteiger charge is -2.17. The van der Waals surface area contributed by atoms with Gasteiger partial charge >= 0.3 is 6.03 Å². The van der Waals surface area contributed by atoms with Gasteiger partial charge in [0.1, 0.15) is 0 Å². The monoisotopic (exact) mass is 311 g/mol. The molecule has 0 spiro atoms. The van der Waals surface area contributed by atoms with Gasteiger partial charge in [0.05, 0.1) is 4.90 Å². The van der Waals surface area contributed by atoms with Crippen molar-refractivity contribution in [2.45, 2.75) is 37.6 Å². The minimum absolute atomic E-state index is 0.106. The molecule has 1 unspecified atom stereocenters. The van der Waals surface area contributed by atoms with E-state index in [1.165, 1.54) is 0 Å². The standard InChI is InChI=1S/C14H21N3O3S/c1-4-10(2)16-21(19,20)12-5-6-13-11(9-12)7-8-17(13)14(18)15-3/h5-6,9-10,16H,4,7-8H2,1-3H3,(H,15,18). The second-order valence-corrected chi connectivity index (χ2v) is 6.89. The maximum Gasteiger partial charge on any atom is 0.321 e. The van der Waals surface area contributed by atoms with Crippen molar-refractivity contribution >= 4 is 21.7 Å². The van der Waals surface area contributed by atoms with Crippen LogP contribution in [0.25, 0.3) is 0 Å². The number of hydrogen-bond acceptors (Lipinski definition) is 3. The summed E-state index contributed by atoms with van der Waals surface area (Å²) in [6.07, 6.45) is 1.39. The molecule has 0 fully saturated rings. The van der Waals surface area contributed by atoms with Crippen molar-refractivity contribution in [3.05, 3.63) is 23.8 Å². The van der Waals surface area contributed by atoms with Gasteiger partial charge in [0.15, 0.2) is 0 Å². The molecule has 1 aliphatic heterocycles. The van der Waals surface area contributed by atoms with E-state index in [2.05, 4.69) is 10.0 Å². The highest BCUT2D eigenvalue weighted by Crippen LogP contribution is 2.30. The highest BCUT2D eigenvalue weighted by molar-refractivity contribution is 7.89. The Balaban J connectivity index is 2.29. The molecule has 0 bridgehead atoms. The first-order chi connectivity index (χ1) is 9.89. The Labute approximate surface area is 125 Å². The Hall–Kier alpha value is -1.60. The molecule has 0 radical (unpaired) electrons. The zero-order valence-electron chi connectivity index (χ0n) is 12.5. The molecule has 116 valence electrons. The summed E-state index contributed by atoms with van der Waals surface area (Å²) in [7, 11) is -1.93. The molecule has 1 aromatic rings. The van der Waals surface area contributed by atoms with Crippen molar-refractivity contribution in [1.82, 2.24) is 10.0 Å². The van der Waals surface area contributed by atoms with E-state index in [-0.39, 0.29) is 17.0 Å². The number of urea groups is 1. The fourth-order valence-electron chi connectivity index (χ4n) is 2.31. The summed E-state index contributed by atoms with van der Waals surface area (Å²) in [5.74, 6) is 0. The number of sulfonamides is 1. The SMILES string of the molecule is CCC(C)NS(=O)(=O)c1ccc2c(c1)CCN2C(=O)NC. The number of hydrogen-bond donors (Lipinski definition) is 2. The summed E-state index contributed by atoms with van der Waals surface area (Å²) in [5, 5.41) is 2.58. The fourth-order valence-corrected chi connectivity index (χ4v) is 3.68. The van der Waals surface area contributed by atoms with Crippen LogP contribution in [0.15, 0.2) is 23.1 Å². The van der Waals surface area contributed by atoms with Crippen LogP contribution in [0.3, 0.4) is 0 Å². The van der Waals surface area contributed by atoms with E-state index >= 15 is 0 Å². The van der Waals surface area contributed by atoms with Gasteiger partial charge in [-0.15, -0.1) is 0 Å². The van der Waals surface area contributed by atoms with Gasteiger partial charge in [-0.1, -0.05) is 6.92 Å². The van der Waals surface area contributed by atoms with Gasteiger partial charge < -0.3 is 5.32 Å². The summed E-state index contributed by atoms with van der Waals surface area (Å²) < 4.78 is 27.2. The molecule has 2 rings (SSSR count). The quantitative estimate of drug-likeness (QED) is 0.884. The van der Waals surface area contributed by atoms with E-state index < -0.39 is 10.0 Å². The predicted octanol–water partition coefficient (Wildman–Crippen LogP) is 1.47. The third-order valence-corrected chi connectivity index (χ3v) is 5.27. The first kappa shape index (κ1) is 15.8. The van der Waals surface area contributed by atoms with Crippen molar-refractivity contribution in [3.63, 3.8) is 0 Å². The van der Waals surface area contributed by atoms with E-state index in [0.29, 0.717) is 13.0 Å². The van der Waals surface area contributed by atoms with E-state index in [9.17, 15) is 13.2 Å². The molecule has 0 saturated heterocycles. The topological polar surface area (TPSA) is 78.5 Å². The second-order valence-electron chi connectivity index (χ2n) is 5.18. The van der Waals surface area contributed by atoms with E-state index in [1.54, 1.807) is 30.1 Å². The molecule has 2 amide bonds. The van der Waals surface area contributed by atoms with Crippen molar-refractivity contribution in [2.24, 2.45) is 0 Å². The van der Waals surface area contributed by atoms with Crippen LogP contribution in [0, 0.1) is 0 Å². The number of rotatable bonds is 4. The molecule has 2 N–H and O–H groups in total. The molecule has 1 atom stereocenters. The Morgan fingerprint density at radius 2 is 2.14 bits per heavy atom. The molecule has 21 heavy (non-hydrogen) atoms. The minimum Gasteiger partial charge on any atom is -0.341 e. The van der Waals surface area contributed by atoms with Gasteiger partial charge in [-0.25, -0.2) is 17.9 Å². The van der Waals surface area contributed by atoms with Gasteiger partial charge in [0.2, 0.25) is 10.0 Å². The van der Waals surface area contributed by atoms with E-state index in [4.69, 9.17) is 0 Å². The molecule has 1 heterocycles. The van der Waals surface area contributed by atoms with E-state index in [0.717, 1.165) is 17.7 Å². The molecule has 0 aliphatic carbocycles. The minimum atomic E-state index is -3.51. The smallest absolute Gasteiger partial charge is 0.321 e. The summed E-state index contributed by atoms with van der Waals surface area (Å²) in [4.78, 5) is 13.6. The number of carbonyl (C=O) groups is 1. The van der Waals surface area contributed by atoms with Crippen LogP contribution in [-0.2, 0) is 16.4 Å². The largest absolute Gasteiger partial charge is 0.341 e. The Morgan fingerprint density at radius 3 is 2.76 bits per heavy atom. The second kappa shape index (κ2) is 6.03. The van der Waals surface area contributed by atoms with Gasteiger partial charge in [0.25, 0.3) is 0 Å². The number of benzene rings is 1. The average Bonchev–Trinajstić information content (AvgIpc) is 2.88. The molecule has 0 saturated carbocycles. The van der Waals surface area contributed by atoms with Crippen LogP contribution in [0.5, 0.6) is 0 Å². The van der Waals surface area contributed by atoms with Crippen LogP contribution in [0.1, 0.15) is 25.8 Å². The van der Waals surface area contributed by atoms with E-state index in [1.807, 2.05) is 13.8 Å². The molecule has 1 aliphatic rings. The third kappa shape index (κ3) is 3.19. The molecule has 7 heteroatoms. The number of nitrogens with zero attached hydrogens (tertiary/aromatic N) is 1. The number of nitrogens with one attached hydrogen (secondary N) is 2. The van der Waals surface area contributed by atoms with Crippen LogP contribution >= 0.6 is 0 Å². The van der Waals surface area contributed by atoms with Crippen molar-refractivity contribution in [2.75, 3.05) is 18.5 Å². The van der Waals surface area contributed by atoms with Gasteiger partial charge in [-0.3, -0.25) is 4.90 Å². The van der Waals surface area contributed by atoms with Crippen molar-refractivity contribution in [3.8, 4) is 0 Å². The van der Waals surface area contributed by atoms with Crippen LogP contribution in [-0.4, -0.2) is 34.1 Å². The number of anilines is 1. The van der Waals surface area contributed by atoms with Crippen molar-refractivity contribution in [1.29, 1.82) is 0 Å². The first-order valence-electron chi connectivity index (χ1n) is 7.03. The van der Waals surface area contributed by atoms with Crippen LogP contribution in [0.2, 0.25) is 0 Å². The zero-order valence-corrected chi connectivity index (χ0v) is 13.3. The Bertz CT molecular complexity index is 643. The van der Waals surface area contributed by atoms with Gasteiger partial charge in [0, 0.05) is 25.3 Å². The number of carbonyl (C=O) groups excluding carboxylic acids is 1. The average molecular weight is 311 g/mol. The lowest BCUT2D eigenvalue weighted by molar-refractivity contribution is 0.248. The lowest BCUT2D eigenvalue weighted by Crippen LogP contribution is -2.36. The Kier molecular flexibility index (Phi) is 4.53. The molecular formula is C14H21N3O3S. The third-order valence-electron chi connectivity index (χ3n) is 3.68. The summed E-state index contributed by atoms with van der Waals surface area (Å²) in [6, 6.07) is 4.61. The van der Waals surface area contributed by atoms with Crippen LogP contribution in [0.4, 0.5) is 10.5 Å². The highest BCUT2D eigenvalue weighted by Gasteiger charge is 2.26. The van der Waals surface area contributed by atoms with Gasteiger partial charge in [-0.05, 0) is 43.5 Å². The normalized spacial score (nSPS) is 15.7. The van der Waals surface area contributed by atoms with Crippen LogP contribution < -0.4 is 14.9 Å². The number of fused-ring (bicyclic) bond motifs is 1. The Morgan fingerprint density at radius 1 is 1.43 bits per heavy atom. The summed E-state index contributed by atoms with van der Waals surface area (Å²) in [6.45, 7) is 4.33. The summed E-state index contributed by atoms with van der Waals surface area (Å²) in [5.41, 5.74) is 1.66. The summed E-state index contributed by atoms with van der Waals surface area (Å²) >= 11 is 0. The van der Waals surface area contributed by atoms with Gasteiger partial charge in [-0.2, -0.15) is 0 Å². The number of amides is 2. The predicted molar refractivity (Wildman–Crippen MR) is 82.0 cm³/mol. The molecule has 0 aromatic heterocycles. The fraction of sp³-hybridized carbons (Fsp3) is 0.500. The maximum atomic E-state index is 12.3. The first-order valence-corrected chi connectivity index (χ1v) is 8.52. The molecule has 1 aromatic carbocycles. The van der Waals surface area contributed by atoms with Crippen molar-refractivity contribution < 1.29 is 13.2 Å². The molecule has 6 nitrogen and oxygen atoms in total. The highest BCUT2D eigenvalue weighted by atomic mass is 32.2. The molecular weight excluding hydrogens is 290 g/mol. The lowest BCUT2D eigenvalue weighted by atomic mass is 10.2. The zero-order chi connectivity index (χ0) is 15.6.